The molecule has 0 amide bonds. The second-order valence-electron chi connectivity index (χ2n) is 8.11. The molecule has 0 spiro atoms. The molecule has 0 bridgehead atoms. The lowest BCUT2D eigenvalue weighted by Crippen LogP contribution is -2.37. The topological polar surface area (TPSA) is 84.3 Å². The number of benzene rings is 2. The van der Waals surface area contributed by atoms with Gasteiger partial charge in [-0.2, -0.15) is 0 Å². The van der Waals surface area contributed by atoms with Crippen molar-refractivity contribution in [3.63, 3.8) is 0 Å². The first-order valence-corrected chi connectivity index (χ1v) is 10.1. The lowest BCUT2D eigenvalue weighted by molar-refractivity contribution is -0.152. The summed E-state index contributed by atoms with van der Waals surface area (Å²) in [5.41, 5.74) is 3.01. The van der Waals surface area contributed by atoms with Gasteiger partial charge in [-0.25, -0.2) is 9.59 Å². The number of carboxylic acids is 1. The van der Waals surface area contributed by atoms with Crippen LogP contribution in [0.15, 0.2) is 59.5 Å². The minimum absolute atomic E-state index is 0.0897. The van der Waals surface area contributed by atoms with E-state index in [0.717, 1.165) is 36.1 Å². The van der Waals surface area contributed by atoms with Gasteiger partial charge in [0.25, 0.3) is 0 Å². The molecule has 0 aliphatic carbocycles. The highest BCUT2D eigenvalue weighted by molar-refractivity contribution is 5.76. The standard InChI is InChI=1S/C24H28N2O4/c1-17-7-9-19(10-8-17)15-26-16-20(25-23(26)29)6-4-5-18-11-13-21(14-12-18)30-24(2,3)22(27)28/h7-14,16H,4-6,15H2,1-3H3,(H,25,29)(H,27,28). The number of imidazole rings is 1. The molecule has 0 atom stereocenters. The average Bonchev–Trinajstić information content (AvgIpc) is 3.04. The van der Waals surface area contributed by atoms with Crippen LogP contribution in [0.25, 0.3) is 0 Å². The minimum atomic E-state index is -1.26. The van der Waals surface area contributed by atoms with Crippen LogP contribution >= 0.6 is 0 Å². The highest BCUT2D eigenvalue weighted by Gasteiger charge is 2.29. The summed E-state index contributed by atoms with van der Waals surface area (Å²) < 4.78 is 7.23. The van der Waals surface area contributed by atoms with E-state index in [9.17, 15) is 9.59 Å². The SMILES string of the molecule is Cc1ccc(Cn2cc(CCCc3ccc(OC(C)(C)C(=O)O)cc3)[nH]c2=O)cc1. The third-order valence-corrected chi connectivity index (χ3v) is 5.04. The van der Waals surface area contributed by atoms with E-state index >= 15 is 0 Å². The Hall–Kier alpha value is -3.28. The molecule has 30 heavy (non-hydrogen) atoms. The van der Waals surface area contributed by atoms with Gasteiger partial charge in [-0.15, -0.1) is 0 Å². The summed E-state index contributed by atoms with van der Waals surface area (Å²) >= 11 is 0. The van der Waals surface area contributed by atoms with Gasteiger partial charge in [-0.05, 0) is 63.3 Å². The summed E-state index contributed by atoms with van der Waals surface area (Å²) in [5, 5.41) is 9.14. The van der Waals surface area contributed by atoms with Crippen molar-refractivity contribution in [2.45, 2.75) is 52.2 Å². The van der Waals surface area contributed by atoms with Gasteiger partial charge in [0.15, 0.2) is 5.60 Å². The van der Waals surface area contributed by atoms with Crippen molar-refractivity contribution in [3.8, 4) is 5.75 Å². The summed E-state index contributed by atoms with van der Waals surface area (Å²) in [6.45, 7) is 5.65. The Labute approximate surface area is 176 Å². The van der Waals surface area contributed by atoms with Gasteiger partial charge in [-0.3, -0.25) is 4.57 Å². The van der Waals surface area contributed by atoms with Crippen molar-refractivity contribution >= 4 is 5.97 Å². The number of hydrogen-bond acceptors (Lipinski definition) is 3. The molecule has 0 radical (unpaired) electrons. The van der Waals surface area contributed by atoms with Crippen molar-refractivity contribution in [1.82, 2.24) is 9.55 Å². The van der Waals surface area contributed by atoms with Crippen LogP contribution in [0.1, 0.15) is 42.7 Å². The zero-order chi connectivity index (χ0) is 21.7. The molecule has 158 valence electrons. The number of H-pyrrole nitrogens is 1. The van der Waals surface area contributed by atoms with E-state index in [1.165, 1.54) is 19.4 Å². The predicted octanol–water partition coefficient (Wildman–Crippen LogP) is 3.95. The Kier molecular flexibility index (Phi) is 6.45. The van der Waals surface area contributed by atoms with Gasteiger partial charge in [0.05, 0.1) is 6.54 Å². The number of carbonyl (C=O) groups is 1. The average molecular weight is 408 g/mol. The van der Waals surface area contributed by atoms with Gasteiger partial charge in [0.2, 0.25) is 0 Å². The third-order valence-electron chi connectivity index (χ3n) is 5.04. The monoisotopic (exact) mass is 408 g/mol. The van der Waals surface area contributed by atoms with Crippen LogP contribution in [0.5, 0.6) is 5.75 Å². The van der Waals surface area contributed by atoms with Gasteiger partial charge < -0.3 is 14.8 Å². The zero-order valence-corrected chi connectivity index (χ0v) is 17.6. The Balaban J connectivity index is 1.52. The predicted molar refractivity (Wildman–Crippen MR) is 116 cm³/mol. The molecule has 6 heteroatoms. The van der Waals surface area contributed by atoms with E-state index < -0.39 is 11.6 Å². The second-order valence-corrected chi connectivity index (χ2v) is 8.11. The maximum atomic E-state index is 12.2. The molecule has 0 fully saturated rings. The van der Waals surface area contributed by atoms with Crippen molar-refractivity contribution < 1.29 is 14.6 Å². The summed E-state index contributed by atoms with van der Waals surface area (Å²) in [5.74, 6) is -0.474. The Morgan fingerprint density at radius 1 is 1.03 bits per heavy atom. The largest absolute Gasteiger partial charge is 0.478 e. The quantitative estimate of drug-likeness (QED) is 0.561. The molecule has 0 unspecified atom stereocenters. The number of aromatic amines is 1. The number of carboxylic acid groups (broad SMARTS) is 1. The molecule has 0 saturated carbocycles. The van der Waals surface area contributed by atoms with Crippen LogP contribution in [-0.4, -0.2) is 26.2 Å². The van der Waals surface area contributed by atoms with E-state index in [2.05, 4.69) is 4.98 Å². The lowest BCUT2D eigenvalue weighted by atomic mass is 10.1. The van der Waals surface area contributed by atoms with Crippen molar-refractivity contribution in [1.29, 1.82) is 0 Å². The first kappa shape index (κ1) is 21.4. The molecule has 1 aromatic heterocycles. The molecule has 0 aliphatic rings. The van der Waals surface area contributed by atoms with Crippen LogP contribution in [0.3, 0.4) is 0 Å². The van der Waals surface area contributed by atoms with Crippen LogP contribution in [-0.2, 0) is 24.2 Å². The fourth-order valence-corrected chi connectivity index (χ4v) is 3.17. The summed E-state index contributed by atoms with van der Waals surface area (Å²) in [6, 6.07) is 15.6. The number of aryl methyl sites for hydroxylation is 3. The molecule has 3 aromatic rings. The second kappa shape index (κ2) is 9.03. The molecule has 0 saturated heterocycles. The van der Waals surface area contributed by atoms with Crippen LogP contribution in [0, 0.1) is 6.92 Å². The number of nitrogens with zero attached hydrogens (tertiary/aromatic N) is 1. The van der Waals surface area contributed by atoms with Crippen molar-refractivity contribution in [2.75, 3.05) is 0 Å². The number of aliphatic carboxylic acids is 1. The Morgan fingerprint density at radius 2 is 1.67 bits per heavy atom. The molecule has 2 N–H and O–H groups in total. The summed E-state index contributed by atoms with van der Waals surface area (Å²) in [6.07, 6.45) is 4.42. The summed E-state index contributed by atoms with van der Waals surface area (Å²) in [4.78, 5) is 26.3. The minimum Gasteiger partial charge on any atom is -0.478 e. The van der Waals surface area contributed by atoms with E-state index in [-0.39, 0.29) is 5.69 Å². The van der Waals surface area contributed by atoms with E-state index in [1.54, 1.807) is 16.7 Å². The van der Waals surface area contributed by atoms with Crippen molar-refractivity contribution in [2.24, 2.45) is 0 Å². The molecule has 0 aliphatic heterocycles. The maximum Gasteiger partial charge on any atom is 0.347 e. The number of rotatable bonds is 9. The molecular formula is C24H28N2O4. The molecule has 1 heterocycles. The third kappa shape index (κ3) is 5.63. The first-order chi connectivity index (χ1) is 14.2. The lowest BCUT2D eigenvalue weighted by Gasteiger charge is -2.21. The number of nitrogens with one attached hydrogen (secondary N) is 1. The van der Waals surface area contributed by atoms with Gasteiger partial charge in [-0.1, -0.05) is 42.0 Å². The highest BCUT2D eigenvalue weighted by Crippen LogP contribution is 2.20. The van der Waals surface area contributed by atoms with Crippen LogP contribution in [0.4, 0.5) is 0 Å². The maximum absolute atomic E-state index is 12.2. The first-order valence-electron chi connectivity index (χ1n) is 10.1. The number of ether oxygens (including phenoxy) is 1. The normalized spacial score (nSPS) is 11.4. The van der Waals surface area contributed by atoms with E-state index in [1.807, 2.05) is 49.5 Å². The van der Waals surface area contributed by atoms with Crippen LogP contribution in [0.2, 0.25) is 0 Å². The molecule has 2 aromatic carbocycles. The Bertz CT molecular complexity index is 1040. The number of hydrogen-bond donors (Lipinski definition) is 2. The van der Waals surface area contributed by atoms with E-state index in [4.69, 9.17) is 9.84 Å². The Morgan fingerprint density at radius 3 is 2.30 bits per heavy atom. The van der Waals surface area contributed by atoms with Crippen molar-refractivity contribution in [3.05, 3.63) is 87.6 Å². The summed E-state index contributed by atoms with van der Waals surface area (Å²) in [7, 11) is 0. The van der Waals surface area contributed by atoms with Gasteiger partial charge >= 0.3 is 11.7 Å². The fourth-order valence-electron chi connectivity index (χ4n) is 3.17. The molecule has 3 rings (SSSR count). The highest BCUT2D eigenvalue weighted by atomic mass is 16.5. The van der Waals surface area contributed by atoms with Gasteiger partial charge in [0, 0.05) is 11.9 Å². The zero-order valence-electron chi connectivity index (χ0n) is 17.6. The molecular weight excluding hydrogens is 380 g/mol. The van der Waals surface area contributed by atoms with E-state index in [0.29, 0.717) is 12.3 Å². The molecule has 6 nitrogen and oxygen atoms in total. The van der Waals surface area contributed by atoms with Gasteiger partial charge in [0.1, 0.15) is 5.75 Å². The smallest absolute Gasteiger partial charge is 0.347 e. The fraction of sp³-hybridized carbons (Fsp3) is 0.333. The van der Waals surface area contributed by atoms with Crippen LogP contribution < -0.4 is 10.4 Å². The number of aromatic nitrogens is 2.